The second kappa shape index (κ2) is 8.01. The van der Waals surface area contributed by atoms with E-state index in [2.05, 4.69) is 9.47 Å². The molecule has 0 atom stereocenters. The summed E-state index contributed by atoms with van der Waals surface area (Å²) >= 11 is 0. The van der Waals surface area contributed by atoms with E-state index in [0.717, 1.165) is 12.1 Å². The molecule has 1 saturated heterocycles. The molecule has 1 fully saturated rings. The van der Waals surface area contributed by atoms with Crippen LogP contribution in [0, 0.1) is 0 Å². The summed E-state index contributed by atoms with van der Waals surface area (Å²) in [6.07, 6.45) is -13.1. The molecule has 5 nitrogen and oxygen atoms in total. The lowest BCUT2D eigenvalue weighted by atomic mass is 10.1. The Hall–Kier alpha value is -3.07. The van der Waals surface area contributed by atoms with E-state index in [1.54, 1.807) is 24.3 Å². The molecular weight excluding hydrogens is 496 g/mol. The summed E-state index contributed by atoms with van der Waals surface area (Å²) in [6.45, 7) is 0. The molecule has 0 N–H and O–H groups in total. The van der Waals surface area contributed by atoms with Crippen molar-refractivity contribution in [2.24, 2.45) is 0 Å². The number of morpholine rings is 1. The first-order valence-corrected chi connectivity index (χ1v) is 8.84. The third-order valence-electron chi connectivity index (χ3n) is 4.53. The van der Waals surface area contributed by atoms with Crippen molar-refractivity contribution in [3.8, 4) is 22.6 Å². The Morgan fingerprint density at radius 3 is 1.53 bits per heavy atom. The number of carbonyl (C=O) groups is 1. The van der Waals surface area contributed by atoms with Crippen molar-refractivity contribution < 1.29 is 62.9 Å². The fraction of sp³-hybridized carbons (Fsp3) is 0.316. The second-order valence-electron chi connectivity index (χ2n) is 6.74. The van der Waals surface area contributed by atoms with Crippen LogP contribution in [0.4, 0.5) is 43.9 Å². The molecule has 0 radical (unpaired) electrons. The zero-order chi connectivity index (χ0) is 25.7. The van der Waals surface area contributed by atoms with Crippen molar-refractivity contribution in [2.45, 2.75) is 30.4 Å². The SMILES string of the molecule is COc1ccc(-c2ccc(OC(=O)C(F)(F)N3C(F)(F)C(F)(F)OC(F)(F)C3(F)F)cc2)cc1. The molecule has 15 heteroatoms. The molecule has 1 aliphatic heterocycles. The van der Waals surface area contributed by atoms with Crippen LogP contribution < -0.4 is 9.47 Å². The van der Waals surface area contributed by atoms with Gasteiger partial charge in [0.15, 0.2) is 0 Å². The molecule has 0 spiro atoms. The highest BCUT2D eigenvalue weighted by atomic mass is 19.4. The second-order valence-corrected chi connectivity index (χ2v) is 6.74. The van der Waals surface area contributed by atoms with Gasteiger partial charge < -0.3 is 9.47 Å². The van der Waals surface area contributed by atoms with Gasteiger partial charge in [-0.3, -0.25) is 0 Å². The molecule has 34 heavy (non-hydrogen) atoms. The molecule has 3 rings (SSSR count). The standard InChI is InChI=1S/C19H11F10NO4/c1-32-12-6-2-10(3-7-12)11-4-8-13(9-5-11)33-14(31)15(20,21)30-16(22,23)18(26,27)34-19(28,29)17(30,24)25/h2-9H,1H3. The maximum atomic E-state index is 14.2. The minimum atomic E-state index is -6.75. The summed E-state index contributed by atoms with van der Waals surface area (Å²) in [5, 5.41) is 0. The van der Waals surface area contributed by atoms with E-state index in [1.807, 2.05) is 0 Å². The Kier molecular flexibility index (Phi) is 6.02. The number of hydrogen-bond acceptors (Lipinski definition) is 5. The van der Waals surface area contributed by atoms with Crippen LogP contribution in [-0.2, 0) is 9.53 Å². The first kappa shape index (κ1) is 25.6. The van der Waals surface area contributed by atoms with Crippen molar-refractivity contribution >= 4 is 5.97 Å². The molecule has 0 aromatic heterocycles. The van der Waals surface area contributed by atoms with E-state index in [-0.39, 0.29) is 0 Å². The van der Waals surface area contributed by atoms with Gasteiger partial charge in [-0.2, -0.15) is 43.9 Å². The van der Waals surface area contributed by atoms with Crippen molar-refractivity contribution in [3.63, 3.8) is 0 Å². The number of carbonyl (C=O) groups excluding carboxylic acids is 1. The zero-order valence-electron chi connectivity index (χ0n) is 16.5. The van der Waals surface area contributed by atoms with Gasteiger partial charge in [-0.15, -0.1) is 0 Å². The smallest absolute Gasteiger partial charge is 0.439 e. The minimum absolute atomic E-state index is 0.416. The quantitative estimate of drug-likeness (QED) is 0.230. The van der Waals surface area contributed by atoms with E-state index in [4.69, 9.17) is 4.74 Å². The van der Waals surface area contributed by atoms with Crippen molar-refractivity contribution in [2.75, 3.05) is 7.11 Å². The Labute approximate surface area is 183 Å². The molecule has 1 heterocycles. The van der Waals surface area contributed by atoms with Gasteiger partial charge in [-0.1, -0.05) is 29.2 Å². The highest BCUT2D eigenvalue weighted by Crippen LogP contribution is 2.58. The van der Waals surface area contributed by atoms with E-state index in [1.165, 1.54) is 19.2 Å². The van der Waals surface area contributed by atoms with Crippen molar-refractivity contribution in [3.05, 3.63) is 48.5 Å². The number of nitrogens with zero attached hydrogens (tertiary/aromatic N) is 1. The number of methoxy groups -OCH3 is 1. The summed E-state index contributed by atoms with van der Waals surface area (Å²) in [5.41, 5.74) is 0.973. The van der Waals surface area contributed by atoms with Gasteiger partial charge in [0, 0.05) is 0 Å². The largest absolute Gasteiger partial charge is 0.497 e. The first-order valence-electron chi connectivity index (χ1n) is 8.84. The Morgan fingerprint density at radius 2 is 1.15 bits per heavy atom. The zero-order valence-corrected chi connectivity index (χ0v) is 16.5. The molecule has 1 aliphatic rings. The summed E-state index contributed by atoms with van der Waals surface area (Å²) in [5.74, 6) is -3.57. The van der Waals surface area contributed by atoms with Gasteiger partial charge in [-0.25, -0.2) is 9.53 Å². The van der Waals surface area contributed by atoms with Crippen LogP contribution in [0.3, 0.4) is 0 Å². The molecule has 0 unspecified atom stereocenters. The Balaban J connectivity index is 1.88. The molecule has 186 valence electrons. The topological polar surface area (TPSA) is 48.0 Å². The number of rotatable bonds is 5. The van der Waals surface area contributed by atoms with Gasteiger partial charge in [0.05, 0.1) is 7.11 Å². The maximum absolute atomic E-state index is 14.2. The molecule has 0 amide bonds. The summed E-state index contributed by atoms with van der Waals surface area (Å²) < 4.78 is 147. The minimum Gasteiger partial charge on any atom is -0.497 e. The average molecular weight is 507 g/mol. The van der Waals surface area contributed by atoms with Crippen LogP contribution >= 0.6 is 0 Å². The average Bonchev–Trinajstić information content (AvgIpc) is 2.72. The third-order valence-corrected chi connectivity index (χ3v) is 4.53. The number of alkyl halides is 10. The predicted molar refractivity (Wildman–Crippen MR) is 91.7 cm³/mol. The highest BCUT2D eigenvalue weighted by molar-refractivity contribution is 5.80. The lowest BCUT2D eigenvalue weighted by molar-refractivity contribution is -0.581. The number of hydrogen-bond donors (Lipinski definition) is 0. The van der Waals surface area contributed by atoms with Crippen LogP contribution in [0.25, 0.3) is 11.1 Å². The summed E-state index contributed by atoms with van der Waals surface area (Å²) in [4.78, 5) is 8.51. The van der Waals surface area contributed by atoms with Crippen LogP contribution in [0.5, 0.6) is 11.5 Å². The van der Waals surface area contributed by atoms with Crippen LogP contribution in [0.2, 0.25) is 0 Å². The van der Waals surface area contributed by atoms with Crippen molar-refractivity contribution in [1.82, 2.24) is 4.90 Å². The molecular formula is C19H11F10NO4. The number of halogens is 10. The number of esters is 1. The van der Waals surface area contributed by atoms with E-state index < -0.39 is 47.0 Å². The normalized spacial score (nSPS) is 21.0. The predicted octanol–water partition coefficient (Wildman–Crippen LogP) is 5.56. The number of benzene rings is 2. The van der Waals surface area contributed by atoms with Crippen LogP contribution in [-0.4, -0.2) is 48.3 Å². The summed E-state index contributed by atoms with van der Waals surface area (Å²) in [6, 6.07) is -9.52. The molecule has 2 aromatic rings. The van der Waals surface area contributed by atoms with Gasteiger partial charge in [0.1, 0.15) is 11.5 Å². The molecule has 0 saturated carbocycles. The van der Waals surface area contributed by atoms with Gasteiger partial charge in [0.2, 0.25) is 0 Å². The Bertz CT molecular complexity index is 1030. The Morgan fingerprint density at radius 1 is 0.765 bits per heavy atom. The van der Waals surface area contributed by atoms with Gasteiger partial charge in [0.25, 0.3) is 0 Å². The fourth-order valence-corrected chi connectivity index (χ4v) is 2.83. The third kappa shape index (κ3) is 4.02. The van der Waals surface area contributed by atoms with E-state index >= 15 is 0 Å². The molecule has 2 aromatic carbocycles. The van der Waals surface area contributed by atoms with Gasteiger partial charge >= 0.3 is 36.3 Å². The first-order chi connectivity index (χ1) is 15.5. The van der Waals surface area contributed by atoms with Crippen LogP contribution in [0.15, 0.2) is 48.5 Å². The highest BCUT2D eigenvalue weighted by Gasteiger charge is 2.88. The van der Waals surface area contributed by atoms with Gasteiger partial charge in [-0.05, 0) is 35.4 Å². The fourth-order valence-electron chi connectivity index (χ4n) is 2.83. The van der Waals surface area contributed by atoms with Crippen LogP contribution in [0.1, 0.15) is 0 Å². The lowest BCUT2D eigenvalue weighted by Gasteiger charge is -2.48. The summed E-state index contributed by atoms with van der Waals surface area (Å²) in [7, 11) is 1.42. The number of ether oxygens (including phenoxy) is 3. The van der Waals surface area contributed by atoms with E-state index in [0.29, 0.717) is 16.9 Å². The molecule has 0 aliphatic carbocycles. The maximum Gasteiger partial charge on any atom is 0.439 e. The lowest BCUT2D eigenvalue weighted by Crippen LogP contribution is -2.78. The van der Waals surface area contributed by atoms with E-state index in [9.17, 15) is 48.7 Å². The molecule has 0 bridgehead atoms. The van der Waals surface area contributed by atoms with Crippen molar-refractivity contribution in [1.29, 1.82) is 0 Å². The monoisotopic (exact) mass is 507 g/mol.